The summed E-state index contributed by atoms with van der Waals surface area (Å²) in [4.78, 5) is 24.7. The van der Waals surface area contributed by atoms with Crippen molar-refractivity contribution >= 4 is 31.6 Å². The van der Waals surface area contributed by atoms with Crippen LogP contribution in [0.15, 0.2) is 27.5 Å². The Morgan fingerprint density at radius 2 is 2.00 bits per heavy atom. The Morgan fingerprint density at radius 1 is 1.36 bits per heavy atom. The van der Waals surface area contributed by atoms with E-state index in [1.165, 1.54) is 17.8 Å². The molecule has 1 aromatic heterocycles. The summed E-state index contributed by atoms with van der Waals surface area (Å²) in [5.74, 6) is -0.748. The zero-order chi connectivity index (χ0) is 16.7. The van der Waals surface area contributed by atoms with Gasteiger partial charge in [0.2, 0.25) is 5.78 Å². The summed E-state index contributed by atoms with van der Waals surface area (Å²) in [5, 5.41) is 2.76. The molecule has 0 atom stereocenters. The molecule has 0 aliphatic rings. The maximum Gasteiger partial charge on any atom is 0.277 e. The van der Waals surface area contributed by atoms with Crippen LogP contribution in [0.25, 0.3) is 0 Å². The molecule has 0 saturated carbocycles. The predicted octanol–water partition coefficient (Wildman–Crippen LogP) is 1.56. The lowest BCUT2D eigenvalue weighted by Gasteiger charge is -2.08. The van der Waals surface area contributed by atoms with Gasteiger partial charge in [0.05, 0.1) is 5.75 Å². The highest BCUT2D eigenvalue weighted by Gasteiger charge is 2.23. The molecule has 8 heteroatoms. The molecule has 118 valence electrons. The minimum atomic E-state index is -3.31. The number of nitrogens with zero attached hydrogens (tertiary/aromatic N) is 1. The monoisotopic (exact) mass is 386 g/mol. The third-order valence-electron chi connectivity index (χ3n) is 3.19. The van der Waals surface area contributed by atoms with Gasteiger partial charge in [0.25, 0.3) is 5.56 Å². The first kappa shape index (κ1) is 16.7. The summed E-state index contributed by atoms with van der Waals surface area (Å²) >= 11 is 3.26. The van der Waals surface area contributed by atoms with Crippen molar-refractivity contribution in [3.63, 3.8) is 0 Å². The van der Waals surface area contributed by atoms with E-state index in [1.54, 1.807) is 19.1 Å². The van der Waals surface area contributed by atoms with Crippen molar-refractivity contribution in [1.82, 2.24) is 9.78 Å². The number of rotatable bonds is 4. The van der Waals surface area contributed by atoms with E-state index in [0.29, 0.717) is 15.7 Å². The van der Waals surface area contributed by atoms with Crippen LogP contribution in [-0.4, -0.2) is 30.2 Å². The van der Waals surface area contributed by atoms with E-state index >= 15 is 0 Å². The topological polar surface area (TPSA) is 89.0 Å². The van der Waals surface area contributed by atoms with Gasteiger partial charge in [0.1, 0.15) is 5.56 Å². The maximum atomic E-state index is 12.7. The summed E-state index contributed by atoms with van der Waals surface area (Å²) in [5.41, 5.74) is 0.624. The molecule has 22 heavy (non-hydrogen) atoms. The molecule has 1 N–H and O–H groups in total. The fourth-order valence-electron chi connectivity index (χ4n) is 2.27. The molecular weight excluding hydrogens is 372 g/mol. The van der Waals surface area contributed by atoms with Crippen molar-refractivity contribution in [3.8, 4) is 0 Å². The van der Waals surface area contributed by atoms with Crippen molar-refractivity contribution in [2.45, 2.75) is 12.7 Å². The minimum absolute atomic E-state index is 0.0274. The molecular formula is C14H15BrN2O4S. The van der Waals surface area contributed by atoms with Crippen LogP contribution in [0.5, 0.6) is 0 Å². The van der Waals surface area contributed by atoms with Gasteiger partial charge >= 0.3 is 0 Å². The molecule has 0 radical (unpaired) electrons. The first-order chi connectivity index (χ1) is 10.1. The number of aromatic amines is 1. The molecule has 0 unspecified atom stereocenters. The van der Waals surface area contributed by atoms with Crippen LogP contribution in [0.1, 0.15) is 27.2 Å². The Hall–Kier alpha value is -1.67. The maximum absolute atomic E-state index is 12.7. The number of aryl methyl sites for hydroxylation is 2. The first-order valence-corrected chi connectivity index (χ1v) is 9.22. The van der Waals surface area contributed by atoms with Crippen LogP contribution >= 0.6 is 15.9 Å². The lowest BCUT2D eigenvalue weighted by molar-refractivity contribution is 0.103. The Balaban J connectivity index is 2.62. The predicted molar refractivity (Wildman–Crippen MR) is 86.9 cm³/mol. The Labute approximate surface area is 136 Å². The zero-order valence-corrected chi connectivity index (χ0v) is 14.7. The number of hydrogen-bond acceptors (Lipinski definition) is 4. The zero-order valence-electron chi connectivity index (χ0n) is 12.3. The summed E-state index contributed by atoms with van der Waals surface area (Å²) in [6.45, 7) is 1.63. The third kappa shape index (κ3) is 3.38. The van der Waals surface area contributed by atoms with Crippen LogP contribution in [0, 0.1) is 6.92 Å². The van der Waals surface area contributed by atoms with Crippen LogP contribution in [0.2, 0.25) is 0 Å². The van der Waals surface area contributed by atoms with E-state index in [1.807, 2.05) is 0 Å². The molecule has 1 aromatic carbocycles. The fourth-order valence-corrected chi connectivity index (χ4v) is 3.49. The minimum Gasteiger partial charge on any atom is -0.299 e. The smallest absolute Gasteiger partial charge is 0.277 e. The summed E-state index contributed by atoms with van der Waals surface area (Å²) < 4.78 is 25.0. The van der Waals surface area contributed by atoms with Crippen LogP contribution < -0.4 is 5.56 Å². The first-order valence-electron chi connectivity index (χ1n) is 6.36. The highest BCUT2D eigenvalue weighted by Crippen LogP contribution is 2.21. The number of carbonyl (C=O) groups excluding carboxylic acids is 1. The summed E-state index contributed by atoms with van der Waals surface area (Å²) in [7, 11) is -1.79. The van der Waals surface area contributed by atoms with E-state index in [-0.39, 0.29) is 16.9 Å². The average Bonchev–Trinajstić information content (AvgIpc) is 2.60. The van der Waals surface area contributed by atoms with Gasteiger partial charge in [0.15, 0.2) is 9.84 Å². The number of aromatic nitrogens is 2. The number of benzene rings is 1. The van der Waals surface area contributed by atoms with Crippen molar-refractivity contribution < 1.29 is 13.2 Å². The van der Waals surface area contributed by atoms with Crippen molar-refractivity contribution in [2.24, 2.45) is 7.05 Å². The molecule has 2 aromatic rings. The highest BCUT2D eigenvalue weighted by atomic mass is 79.9. The third-order valence-corrected chi connectivity index (χ3v) is 4.51. The van der Waals surface area contributed by atoms with E-state index in [9.17, 15) is 18.0 Å². The van der Waals surface area contributed by atoms with Gasteiger partial charge in [-0.1, -0.05) is 15.9 Å². The summed E-state index contributed by atoms with van der Waals surface area (Å²) in [6, 6.07) is 4.75. The van der Waals surface area contributed by atoms with Crippen molar-refractivity contribution in [1.29, 1.82) is 0 Å². The second-order valence-electron chi connectivity index (χ2n) is 5.18. The largest absolute Gasteiger partial charge is 0.299 e. The number of hydrogen-bond donors (Lipinski definition) is 1. The van der Waals surface area contributed by atoms with Crippen LogP contribution in [-0.2, 0) is 22.6 Å². The van der Waals surface area contributed by atoms with E-state index in [0.717, 1.165) is 6.26 Å². The van der Waals surface area contributed by atoms with E-state index in [4.69, 9.17) is 0 Å². The molecule has 0 aliphatic heterocycles. The van der Waals surface area contributed by atoms with Crippen LogP contribution in [0.4, 0.5) is 0 Å². The molecule has 0 aliphatic carbocycles. The van der Waals surface area contributed by atoms with Crippen molar-refractivity contribution in [3.05, 3.63) is 55.4 Å². The average molecular weight is 387 g/mol. The molecule has 0 saturated heterocycles. The van der Waals surface area contributed by atoms with Gasteiger partial charge in [-0.05, 0) is 30.7 Å². The number of H-pyrrole nitrogens is 1. The fraction of sp³-hybridized carbons (Fsp3) is 0.286. The van der Waals surface area contributed by atoms with Crippen LogP contribution in [0.3, 0.4) is 0 Å². The van der Waals surface area contributed by atoms with Gasteiger partial charge in [-0.2, -0.15) is 0 Å². The summed E-state index contributed by atoms with van der Waals surface area (Å²) in [6.07, 6.45) is 1.10. The Morgan fingerprint density at radius 3 is 2.50 bits per heavy atom. The quantitative estimate of drug-likeness (QED) is 0.807. The molecule has 0 bridgehead atoms. The van der Waals surface area contributed by atoms with Gasteiger partial charge in [-0.15, -0.1) is 0 Å². The normalized spacial score (nSPS) is 11.6. The molecule has 6 nitrogen and oxygen atoms in total. The SMILES string of the molecule is Cc1[nH]n(C)c(=O)c1C(=O)c1ccc(Br)cc1CS(C)(=O)=O. The standard InChI is InChI=1S/C14H15BrN2O4S/c1-8-12(14(19)17(2)16-8)13(18)11-5-4-10(15)6-9(11)7-22(3,20)21/h4-6,16H,7H2,1-3H3. The van der Waals surface area contributed by atoms with E-state index in [2.05, 4.69) is 21.0 Å². The number of halogens is 1. The van der Waals surface area contributed by atoms with E-state index < -0.39 is 21.2 Å². The number of ketones is 1. The number of nitrogens with one attached hydrogen (secondary N) is 1. The lowest BCUT2D eigenvalue weighted by Crippen LogP contribution is -2.20. The number of sulfone groups is 1. The molecule has 0 fully saturated rings. The lowest BCUT2D eigenvalue weighted by atomic mass is 9.99. The molecule has 2 rings (SSSR count). The second-order valence-corrected chi connectivity index (χ2v) is 8.23. The number of carbonyl (C=O) groups is 1. The molecule has 0 amide bonds. The van der Waals surface area contributed by atoms with Gasteiger partial charge < -0.3 is 0 Å². The Bertz CT molecular complexity index is 909. The second kappa shape index (κ2) is 5.85. The van der Waals surface area contributed by atoms with Gasteiger partial charge in [-0.3, -0.25) is 19.4 Å². The van der Waals surface area contributed by atoms with Gasteiger partial charge in [-0.25, -0.2) is 8.42 Å². The van der Waals surface area contributed by atoms with Crippen molar-refractivity contribution in [2.75, 3.05) is 6.26 Å². The molecule has 1 heterocycles. The van der Waals surface area contributed by atoms with Gasteiger partial charge in [0, 0.05) is 29.0 Å². The molecule has 0 spiro atoms. The Kier molecular flexibility index (Phi) is 4.44. The highest BCUT2D eigenvalue weighted by molar-refractivity contribution is 9.10.